The second kappa shape index (κ2) is 5.10. The zero-order valence-electron chi connectivity index (χ0n) is 10.7. The Hall–Kier alpha value is -2.00. The van der Waals surface area contributed by atoms with Gasteiger partial charge >= 0.3 is 0 Å². The van der Waals surface area contributed by atoms with E-state index in [2.05, 4.69) is 17.0 Å². The molecule has 0 spiro atoms. The van der Waals surface area contributed by atoms with Gasteiger partial charge in [-0.05, 0) is 29.4 Å². The molecule has 0 saturated heterocycles. The van der Waals surface area contributed by atoms with Gasteiger partial charge in [-0.3, -0.25) is 0 Å². The van der Waals surface area contributed by atoms with E-state index in [9.17, 15) is 5.11 Å². The minimum atomic E-state index is -0.383. The average molecular weight is 242 g/mol. The number of anilines is 1. The van der Waals surface area contributed by atoms with Crippen molar-refractivity contribution in [1.82, 2.24) is 0 Å². The van der Waals surface area contributed by atoms with Crippen molar-refractivity contribution in [2.24, 2.45) is 5.73 Å². The molecule has 1 aromatic carbocycles. The maximum Gasteiger partial charge on any atom is 0.113 e. The number of benzene rings is 1. The molecule has 0 amide bonds. The lowest BCUT2D eigenvalue weighted by Gasteiger charge is -2.16. The lowest BCUT2D eigenvalue weighted by Crippen LogP contribution is -2.21. The van der Waals surface area contributed by atoms with Gasteiger partial charge in [0.15, 0.2) is 0 Å². The van der Waals surface area contributed by atoms with Crippen molar-refractivity contribution in [3.05, 3.63) is 59.4 Å². The Bertz CT molecular complexity index is 527. The fourth-order valence-electron chi connectivity index (χ4n) is 1.91. The minimum Gasteiger partial charge on any atom is -0.510 e. The van der Waals surface area contributed by atoms with Gasteiger partial charge in [0, 0.05) is 19.8 Å². The molecule has 0 fully saturated rings. The molecular weight excluding hydrogens is 224 g/mol. The van der Waals surface area contributed by atoms with Crippen LogP contribution in [0.25, 0.3) is 6.08 Å². The molecule has 0 aromatic heterocycles. The van der Waals surface area contributed by atoms with Gasteiger partial charge < -0.3 is 15.7 Å². The number of nitrogens with two attached hydrogens (primary N) is 1. The molecule has 0 aliphatic heterocycles. The molecule has 18 heavy (non-hydrogen) atoms. The van der Waals surface area contributed by atoms with E-state index in [4.69, 9.17) is 5.73 Å². The largest absolute Gasteiger partial charge is 0.510 e. The van der Waals surface area contributed by atoms with Crippen LogP contribution in [0.1, 0.15) is 5.56 Å². The van der Waals surface area contributed by atoms with Crippen LogP contribution in [0.3, 0.4) is 0 Å². The maximum absolute atomic E-state index is 9.64. The van der Waals surface area contributed by atoms with Gasteiger partial charge in [0.05, 0.1) is 6.04 Å². The second-order valence-corrected chi connectivity index (χ2v) is 4.55. The van der Waals surface area contributed by atoms with E-state index >= 15 is 0 Å². The zero-order valence-corrected chi connectivity index (χ0v) is 10.7. The van der Waals surface area contributed by atoms with Gasteiger partial charge in [0.25, 0.3) is 0 Å². The summed E-state index contributed by atoms with van der Waals surface area (Å²) in [6.45, 7) is 0. The molecule has 0 radical (unpaired) electrons. The predicted octanol–water partition coefficient (Wildman–Crippen LogP) is 2.48. The lowest BCUT2D eigenvalue weighted by atomic mass is 10.0. The average Bonchev–Trinajstić information content (AvgIpc) is 2.34. The van der Waals surface area contributed by atoms with Gasteiger partial charge in [-0.25, -0.2) is 0 Å². The van der Waals surface area contributed by atoms with E-state index in [0.717, 1.165) is 16.8 Å². The Morgan fingerprint density at radius 3 is 2.67 bits per heavy atom. The predicted molar refractivity (Wildman–Crippen MR) is 76.6 cm³/mol. The number of hydrogen-bond donors (Lipinski definition) is 2. The summed E-state index contributed by atoms with van der Waals surface area (Å²) < 4.78 is 0. The highest BCUT2D eigenvalue weighted by atomic mass is 16.3. The molecule has 3 heteroatoms. The van der Waals surface area contributed by atoms with Gasteiger partial charge in [-0.15, -0.1) is 0 Å². The van der Waals surface area contributed by atoms with E-state index in [1.165, 1.54) is 0 Å². The maximum atomic E-state index is 9.64. The molecule has 0 bridgehead atoms. The summed E-state index contributed by atoms with van der Waals surface area (Å²) in [7, 11) is 4.02. The van der Waals surface area contributed by atoms with Crippen LogP contribution in [-0.2, 0) is 0 Å². The van der Waals surface area contributed by atoms with E-state index in [1.54, 1.807) is 12.2 Å². The summed E-state index contributed by atoms with van der Waals surface area (Å²) in [5.41, 5.74) is 8.87. The molecule has 3 nitrogen and oxygen atoms in total. The molecular formula is C15H18N2O. The summed E-state index contributed by atoms with van der Waals surface area (Å²) >= 11 is 0. The van der Waals surface area contributed by atoms with Crippen molar-refractivity contribution in [3.63, 3.8) is 0 Å². The van der Waals surface area contributed by atoms with Crippen molar-refractivity contribution in [3.8, 4) is 0 Å². The number of nitrogens with zero attached hydrogens (tertiary/aromatic N) is 1. The number of rotatable bonds is 2. The van der Waals surface area contributed by atoms with Crippen LogP contribution in [0, 0.1) is 0 Å². The Morgan fingerprint density at radius 1 is 1.28 bits per heavy atom. The van der Waals surface area contributed by atoms with Crippen LogP contribution >= 0.6 is 0 Å². The van der Waals surface area contributed by atoms with Crippen LogP contribution in [0.5, 0.6) is 0 Å². The third-order valence-corrected chi connectivity index (χ3v) is 2.89. The fraction of sp³-hybridized carbons (Fsp3) is 0.200. The SMILES string of the molecule is CN(C)c1ccccc1/C=C1\C=CC(N)C(O)=C1. The molecule has 1 unspecified atom stereocenters. The standard InChI is InChI=1S/C15H18N2O/c1-17(2)14-6-4-3-5-12(14)9-11-7-8-13(16)15(18)10-11/h3-10,13,18H,16H2,1-2H3/b11-9+. The van der Waals surface area contributed by atoms with E-state index in [1.807, 2.05) is 38.4 Å². The van der Waals surface area contributed by atoms with Gasteiger partial charge in [0.1, 0.15) is 5.76 Å². The molecule has 1 aromatic rings. The third-order valence-electron chi connectivity index (χ3n) is 2.89. The number of hydrogen-bond acceptors (Lipinski definition) is 3. The highest BCUT2D eigenvalue weighted by Gasteiger charge is 2.09. The van der Waals surface area contributed by atoms with E-state index in [0.29, 0.717) is 0 Å². The Balaban J connectivity index is 2.37. The van der Waals surface area contributed by atoms with Gasteiger partial charge in [-0.2, -0.15) is 0 Å². The molecule has 1 atom stereocenters. The first-order valence-electron chi connectivity index (χ1n) is 5.90. The fourth-order valence-corrected chi connectivity index (χ4v) is 1.91. The molecule has 0 saturated carbocycles. The molecule has 2 rings (SSSR count). The van der Waals surface area contributed by atoms with E-state index < -0.39 is 0 Å². The van der Waals surface area contributed by atoms with Crippen LogP contribution in [0.4, 0.5) is 5.69 Å². The van der Waals surface area contributed by atoms with Crippen molar-refractivity contribution < 1.29 is 5.11 Å². The molecule has 1 aliphatic carbocycles. The normalized spacial score (nSPS) is 20.9. The number of aliphatic hydroxyl groups excluding tert-OH is 1. The number of aliphatic hydroxyl groups is 1. The van der Waals surface area contributed by atoms with Crippen LogP contribution in [-0.4, -0.2) is 25.2 Å². The van der Waals surface area contributed by atoms with Crippen molar-refractivity contribution >= 4 is 11.8 Å². The zero-order chi connectivity index (χ0) is 13.1. The molecule has 94 valence electrons. The lowest BCUT2D eigenvalue weighted by molar-refractivity contribution is 0.382. The molecule has 3 N–H and O–H groups in total. The monoisotopic (exact) mass is 242 g/mol. The first kappa shape index (κ1) is 12.5. The smallest absolute Gasteiger partial charge is 0.113 e. The number of allylic oxidation sites excluding steroid dienone is 3. The summed E-state index contributed by atoms with van der Waals surface area (Å²) in [6, 6.07) is 7.74. The highest BCUT2D eigenvalue weighted by molar-refractivity contribution is 5.71. The highest BCUT2D eigenvalue weighted by Crippen LogP contribution is 2.23. The van der Waals surface area contributed by atoms with Gasteiger partial charge in [-0.1, -0.05) is 30.4 Å². The van der Waals surface area contributed by atoms with E-state index in [-0.39, 0.29) is 11.8 Å². The topological polar surface area (TPSA) is 49.5 Å². The first-order valence-corrected chi connectivity index (χ1v) is 5.90. The van der Waals surface area contributed by atoms with Crippen molar-refractivity contribution in [2.75, 3.05) is 19.0 Å². The molecule has 0 heterocycles. The molecule has 1 aliphatic rings. The van der Waals surface area contributed by atoms with Crippen molar-refractivity contribution in [1.29, 1.82) is 0 Å². The Morgan fingerprint density at radius 2 is 2.00 bits per heavy atom. The van der Waals surface area contributed by atoms with Gasteiger partial charge in [0.2, 0.25) is 0 Å². The van der Waals surface area contributed by atoms with Crippen LogP contribution in [0.2, 0.25) is 0 Å². The van der Waals surface area contributed by atoms with Crippen LogP contribution in [0.15, 0.2) is 53.8 Å². The summed E-state index contributed by atoms with van der Waals surface area (Å²) in [4.78, 5) is 2.06. The first-order chi connectivity index (χ1) is 8.58. The van der Waals surface area contributed by atoms with Crippen LogP contribution < -0.4 is 10.6 Å². The summed E-state index contributed by atoms with van der Waals surface area (Å²) in [5, 5.41) is 9.64. The second-order valence-electron chi connectivity index (χ2n) is 4.55. The minimum absolute atomic E-state index is 0.200. The quantitative estimate of drug-likeness (QED) is 0.837. The third kappa shape index (κ3) is 2.63. The van der Waals surface area contributed by atoms with Crippen molar-refractivity contribution in [2.45, 2.75) is 6.04 Å². The number of para-hydroxylation sites is 1. The Labute approximate surface area is 108 Å². The Kier molecular flexibility index (Phi) is 3.53. The summed E-state index contributed by atoms with van der Waals surface area (Å²) in [6.07, 6.45) is 7.46. The summed E-state index contributed by atoms with van der Waals surface area (Å²) in [5.74, 6) is 0.200.